The van der Waals surface area contributed by atoms with E-state index in [1.807, 2.05) is 0 Å². The van der Waals surface area contributed by atoms with Crippen molar-refractivity contribution < 1.29 is 19.1 Å². The first-order valence-corrected chi connectivity index (χ1v) is 9.09. The van der Waals surface area contributed by atoms with Gasteiger partial charge in [-0.15, -0.1) is 0 Å². The van der Waals surface area contributed by atoms with Gasteiger partial charge < -0.3 is 10.4 Å². The number of aromatic nitrogens is 3. The number of carbonyl (C=O) groups excluding carboxylic acids is 1. The molecule has 0 aliphatic carbocycles. The minimum Gasteiger partial charge on any atom is -0.480 e. The molecule has 1 heterocycles. The van der Waals surface area contributed by atoms with E-state index in [1.165, 1.54) is 14.1 Å². The van der Waals surface area contributed by atoms with Gasteiger partial charge in [-0.3, -0.25) is 13.9 Å². The molecule has 0 aliphatic rings. The number of nitrogens with zero attached hydrogens (tertiary/aromatic N) is 3. The summed E-state index contributed by atoms with van der Waals surface area (Å²) in [7, 11) is 2.62. The minimum atomic E-state index is -1.26. The Balaban J connectivity index is 2.70. The first-order valence-electron chi connectivity index (χ1n) is 8.30. The fourth-order valence-corrected chi connectivity index (χ4v) is 2.98. The van der Waals surface area contributed by atoms with Gasteiger partial charge in [0, 0.05) is 14.1 Å². The highest BCUT2D eigenvalue weighted by Gasteiger charge is 2.26. The second-order valence-corrected chi connectivity index (χ2v) is 7.39. The topological polar surface area (TPSA) is 115 Å². The number of amides is 1. The molecule has 1 amide bonds. The lowest BCUT2D eigenvalue weighted by Crippen LogP contribution is -2.45. The van der Waals surface area contributed by atoms with Gasteiger partial charge in [-0.1, -0.05) is 25.4 Å². The number of carboxylic acid groups (broad SMARTS) is 1. The van der Waals surface area contributed by atoms with E-state index in [2.05, 4.69) is 5.32 Å². The second-order valence-electron chi connectivity index (χ2n) is 6.62. The fourth-order valence-electron chi connectivity index (χ4n) is 2.59. The van der Waals surface area contributed by atoms with Gasteiger partial charge in [-0.05, 0) is 30.3 Å². The van der Waals surface area contributed by atoms with Crippen molar-refractivity contribution in [3.05, 3.63) is 54.3 Å². The van der Waals surface area contributed by atoms with Gasteiger partial charge in [0.2, 0.25) is 0 Å². The van der Waals surface area contributed by atoms with Gasteiger partial charge in [0.25, 0.3) is 5.91 Å². The highest BCUT2D eigenvalue weighted by Crippen LogP contribution is 2.23. The maximum absolute atomic E-state index is 14.6. The van der Waals surface area contributed by atoms with Crippen LogP contribution in [0.3, 0.4) is 0 Å². The van der Waals surface area contributed by atoms with E-state index in [0.29, 0.717) is 4.57 Å². The zero-order valence-corrected chi connectivity index (χ0v) is 17.5. The molecule has 0 saturated carbocycles. The van der Waals surface area contributed by atoms with E-state index < -0.39 is 46.7 Å². The zero-order valence-electron chi connectivity index (χ0n) is 15.9. The Morgan fingerprint density at radius 2 is 1.69 bits per heavy atom. The number of hydrogen-bond acceptors (Lipinski definition) is 5. The number of nitrogens with one attached hydrogen (secondary N) is 1. The van der Waals surface area contributed by atoms with Crippen LogP contribution >= 0.6 is 23.8 Å². The normalized spacial score (nSPS) is 12.1. The average Bonchev–Trinajstić information content (AvgIpc) is 2.63. The van der Waals surface area contributed by atoms with E-state index in [9.17, 15) is 28.7 Å². The monoisotopic (exact) mass is 444 g/mol. The molecule has 2 rings (SSSR count). The SMILES string of the molecule is CC(C)[C@H](NC(=O)c1cc(-n2c(=O)n(C)c(=S)n(C)c2=O)c(F)cc1Cl)C(=O)O. The number of carbonyl (C=O) groups is 2. The number of hydrogen-bond donors (Lipinski definition) is 2. The molecular weight excluding hydrogens is 427 g/mol. The summed E-state index contributed by atoms with van der Waals surface area (Å²) in [5.41, 5.74) is -2.66. The summed E-state index contributed by atoms with van der Waals surface area (Å²) in [6.07, 6.45) is 0. The molecule has 1 aromatic heterocycles. The van der Waals surface area contributed by atoms with Gasteiger partial charge >= 0.3 is 17.3 Å². The van der Waals surface area contributed by atoms with Crippen LogP contribution in [0.2, 0.25) is 5.02 Å². The molecule has 1 aromatic carbocycles. The fraction of sp³-hybridized carbons (Fsp3) is 0.353. The van der Waals surface area contributed by atoms with Crippen molar-refractivity contribution in [3.8, 4) is 5.69 Å². The third-order valence-electron chi connectivity index (χ3n) is 4.27. The smallest absolute Gasteiger partial charge is 0.338 e. The Morgan fingerprint density at radius 1 is 1.17 bits per heavy atom. The van der Waals surface area contributed by atoms with Crippen LogP contribution in [0.25, 0.3) is 5.69 Å². The number of halogens is 2. The van der Waals surface area contributed by atoms with Crippen LogP contribution in [0, 0.1) is 16.5 Å². The number of benzene rings is 1. The number of rotatable bonds is 5. The summed E-state index contributed by atoms with van der Waals surface area (Å²) in [6, 6.07) is 0.461. The lowest BCUT2D eigenvalue weighted by molar-refractivity contribution is -0.140. The Kier molecular flexibility index (Phi) is 6.43. The lowest BCUT2D eigenvalue weighted by Gasteiger charge is -2.19. The first-order chi connectivity index (χ1) is 13.4. The highest BCUT2D eigenvalue weighted by atomic mass is 35.5. The summed E-state index contributed by atoms with van der Waals surface area (Å²) in [6.45, 7) is 3.19. The van der Waals surface area contributed by atoms with Crippen molar-refractivity contribution in [2.45, 2.75) is 19.9 Å². The van der Waals surface area contributed by atoms with Crippen LogP contribution in [-0.4, -0.2) is 36.7 Å². The van der Waals surface area contributed by atoms with Crippen LogP contribution in [-0.2, 0) is 18.9 Å². The summed E-state index contributed by atoms with van der Waals surface area (Å²) in [4.78, 5) is 48.9. The van der Waals surface area contributed by atoms with E-state index in [-0.39, 0.29) is 15.4 Å². The Labute approximate surface area is 174 Å². The van der Waals surface area contributed by atoms with Crippen LogP contribution in [0.15, 0.2) is 21.7 Å². The quantitative estimate of drug-likeness (QED) is 0.670. The van der Waals surface area contributed by atoms with Gasteiger partial charge in [-0.2, -0.15) is 0 Å². The molecule has 29 heavy (non-hydrogen) atoms. The van der Waals surface area contributed by atoms with Crippen molar-refractivity contribution in [2.24, 2.45) is 20.0 Å². The lowest BCUT2D eigenvalue weighted by atomic mass is 10.0. The maximum atomic E-state index is 14.6. The van der Waals surface area contributed by atoms with Crippen LogP contribution in [0.4, 0.5) is 4.39 Å². The first kappa shape index (κ1) is 22.5. The number of aliphatic carboxylic acids is 1. The van der Waals surface area contributed by atoms with E-state index >= 15 is 0 Å². The van der Waals surface area contributed by atoms with Crippen LogP contribution < -0.4 is 16.7 Å². The standard InChI is InChI=1S/C17H18ClFN4O5S/c1-7(2)12(14(25)26)20-13(24)8-5-11(10(19)6-9(8)18)23-15(27)21(3)17(29)22(4)16(23)28/h5-7,12H,1-4H3,(H,20,24)(H,25,26)/t12-/m0/s1. The third-order valence-corrected chi connectivity index (χ3v) is 5.13. The average molecular weight is 445 g/mol. The van der Waals surface area contributed by atoms with Crippen molar-refractivity contribution in [3.63, 3.8) is 0 Å². The largest absolute Gasteiger partial charge is 0.480 e. The van der Waals surface area contributed by atoms with Crippen molar-refractivity contribution in [1.29, 1.82) is 0 Å². The van der Waals surface area contributed by atoms with E-state index in [0.717, 1.165) is 21.3 Å². The molecule has 12 heteroatoms. The Morgan fingerprint density at radius 3 is 2.14 bits per heavy atom. The highest BCUT2D eigenvalue weighted by molar-refractivity contribution is 7.71. The van der Waals surface area contributed by atoms with E-state index in [4.69, 9.17) is 23.8 Å². The predicted octanol–water partition coefficient (Wildman–Crippen LogP) is 1.24. The zero-order chi connectivity index (χ0) is 22.2. The molecule has 2 N–H and O–H groups in total. The molecule has 0 bridgehead atoms. The third kappa shape index (κ3) is 4.15. The summed E-state index contributed by atoms with van der Waals surface area (Å²) in [5.74, 6) is -3.62. The molecule has 0 unspecified atom stereocenters. The van der Waals surface area contributed by atoms with E-state index in [1.54, 1.807) is 13.8 Å². The van der Waals surface area contributed by atoms with Crippen molar-refractivity contribution >= 4 is 35.7 Å². The van der Waals surface area contributed by atoms with Gasteiger partial charge in [0.15, 0.2) is 4.77 Å². The summed E-state index contributed by atoms with van der Waals surface area (Å²) >= 11 is 10.9. The van der Waals surface area contributed by atoms with Crippen LogP contribution in [0.1, 0.15) is 24.2 Å². The molecule has 0 radical (unpaired) electrons. The molecule has 0 aliphatic heterocycles. The van der Waals surface area contributed by atoms with Crippen molar-refractivity contribution in [1.82, 2.24) is 19.0 Å². The molecule has 0 saturated heterocycles. The molecule has 1 atom stereocenters. The molecule has 156 valence electrons. The maximum Gasteiger partial charge on any atom is 0.338 e. The van der Waals surface area contributed by atoms with Gasteiger partial charge in [0.05, 0.1) is 16.3 Å². The predicted molar refractivity (Wildman–Crippen MR) is 106 cm³/mol. The summed E-state index contributed by atoms with van der Waals surface area (Å²) in [5, 5.41) is 11.2. The molecular formula is C17H18ClFN4O5S. The summed E-state index contributed by atoms with van der Waals surface area (Å²) < 4.78 is 16.9. The molecule has 0 spiro atoms. The molecule has 9 nitrogen and oxygen atoms in total. The van der Waals surface area contributed by atoms with Crippen LogP contribution in [0.5, 0.6) is 0 Å². The van der Waals surface area contributed by atoms with Crippen molar-refractivity contribution in [2.75, 3.05) is 0 Å². The molecule has 2 aromatic rings. The van der Waals surface area contributed by atoms with Gasteiger partial charge in [-0.25, -0.2) is 23.3 Å². The number of carboxylic acids is 1. The van der Waals surface area contributed by atoms with Gasteiger partial charge in [0.1, 0.15) is 11.9 Å². The minimum absolute atomic E-state index is 0.0789. The second kappa shape index (κ2) is 8.29. The Bertz CT molecular complexity index is 1140. The molecule has 0 fully saturated rings. The Hall–Kier alpha value is -2.79.